The highest BCUT2D eigenvalue weighted by Crippen LogP contribution is 2.30. The van der Waals surface area contributed by atoms with E-state index in [0.29, 0.717) is 22.0 Å². The molecule has 1 fully saturated rings. The fourth-order valence-electron chi connectivity index (χ4n) is 3.40. The van der Waals surface area contributed by atoms with Gasteiger partial charge in [0.05, 0.1) is 6.42 Å². The molecule has 31 heavy (non-hydrogen) atoms. The minimum absolute atomic E-state index is 0.0274. The van der Waals surface area contributed by atoms with Gasteiger partial charge in [-0.05, 0) is 77.7 Å². The number of hydrogen-bond acceptors (Lipinski definition) is 4. The van der Waals surface area contributed by atoms with Crippen LogP contribution in [-0.4, -0.2) is 27.8 Å². The molecule has 0 saturated carbocycles. The van der Waals surface area contributed by atoms with Gasteiger partial charge < -0.3 is 9.82 Å². The first kappa shape index (κ1) is 20.5. The predicted molar refractivity (Wildman–Crippen MR) is 107 cm³/mol. The summed E-state index contributed by atoms with van der Waals surface area (Å²) in [6, 6.07) is 13.6. The normalized spacial score (nSPS) is 13.7. The number of amides is 2. The van der Waals surface area contributed by atoms with Crippen molar-refractivity contribution in [3.05, 3.63) is 71.8 Å². The van der Waals surface area contributed by atoms with E-state index in [-0.39, 0.29) is 37.3 Å². The van der Waals surface area contributed by atoms with Crippen LogP contribution in [0.3, 0.4) is 0 Å². The number of carbonyl (C=O) groups excluding carboxylic acids is 3. The van der Waals surface area contributed by atoms with Gasteiger partial charge in [-0.3, -0.25) is 9.59 Å². The molecule has 0 spiro atoms. The van der Waals surface area contributed by atoms with Crippen LogP contribution in [0.2, 0.25) is 0 Å². The van der Waals surface area contributed by atoms with Gasteiger partial charge in [0.2, 0.25) is 0 Å². The van der Waals surface area contributed by atoms with Crippen LogP contribution < -0.4 is 0 Å². The zero-order valence-corrected chi connectivity index (χ0v) is 16.4. The molecule has 158 valence electrons. The minimum atomic E-state index is -0.710. The third-order valence-corrected chi connectivity index (χ3v) is 4.98. The van der Waals surface area contributed by atoms with Crippen LogP contribution in [0.4, 0.5) is 8.78 Å². The number of nitrogens with one attached hydrogen (secondary N) is 1. The van der Waals surface area contributed by atoms with Gasteiger partial charge in [0.15, 0.2) is 0 Å². The molecule has 4 rings (SSSR count). The summed E-state index contributed by atoms with van der Waals surface area (Å²) >= 11 is 0. The summed E-state index contributed by atoms with van der Waals surface area (Å²) in [4.78, 5) is 43.6. The van der Waals surface area contributed by atoms with E-state index < -0.39 is 17.8 Å². The van der Waals surface area contributed by atoms with Crippen molar-refractivity contribution < 1.29 is 28.0 Å². The number of nitrogens with zero attached hydrogens (tertiary/aromatic N) is 1. The molecule has 1 saturated heterocycles. The van der Waals surface area contributed by atoms with Crippen LogP contribution >= 0.6 is 0 Å². The number of hydrogen-bond donors (Lipinski definition) is 1. The van der Waals surface area contributed by atoms with Crippen LogP contribution in [0.25, 0.3) is 22.5 Å². The van der Waals surface area contributed by atoms with Crippen molar-refractivity contribution in [1.82, 2.24) is 10.0 Å². The Morgan fingerprint density at radius 3 is 2.03 bits per heavy atom. The Labute approximate surface area is 176 Å². The first-order valence-corrected chi connectivity index (χ1v) is 9.71. The van der Waals surface area contributed by atoms with Gasteiger partial charge in [-0.2, -0.15) is 0 Å². The van der Waals surface area contributed by atoms with Crippen LogP contribution in [0.15, 0.2) is 54.6 Å². The number of hydroxylamine groups is 2. The molecular weight excluding hydrogens is 406 g/mol. The van der Waals surface area contributed by atoms with Crippen molar-refractivity contribution in [3.63, 3.8) is 0 Å². The van der Waals surface area contributed by atoms with E-state index >= 15 is 0 Å². The highest BCUT2D eigenvalue weighted by Gasteiger charge is 2.32. The van der Waals surface area contributed by atoms with E-state index in [1.807, 2.05) is 6.07 Å². The SMILES string of the molecule is O=C(CCc1cc(-c2ccc(F)cc2)[nH]c1-c1ccc(F)cc1)ON1C(=O)CCC1=O. The maximum Gasteiger partial charge on any atom is 0.333 e. The molecule has 3 aromatic rings. The fraction of sp³-hybridized carbons (Fsp3) is 0.174. The highest BCUT2D eigenvalue weighted by atomic mass is 19.1. The van der Waals surface area contributed by atoms with Crippen LogP contribution in [-0.2, 0) is 25.6 Å². The predicted octanol–water partition coefficient (Wildman–Crippen LogP) is 4.17. The summed E-state index contributed by atoms with van der Waals surface area (Å²) in [5.41, 5.74) is 3.59. The summed E-state index contributed by atoms with van der Waals surface area (Å²) in [6.07, 6.45) is 0.227. The Morgan fingerprint density at radius 1 is 0.903 bits per heavy atom. The molecule has 1 aromatic heterocycles. The molecule has 2 amide bonds. The van der Waals surface area contributed by atoms with Crippen molar-refractivity contribution in [2.45, 2.75) is 25.7 Å². The first-order valence-electron chi connectivity index (χ1n) is 9.71. The molecule has 6 nitrogen and oxygen atoms in total. The van der Waals surface area contributed by atoms with Crippen LogP contribution in [0.5, 0.6) is 0 Å². The van der Waals surface area contributed by atoms with E-state index in [4.69, 9.17) is 4.84 Å². The minimum Gasteiger partial charge on any atom is -0.354 e. The average Bonchev–Trinajstić information content (AvgIpc) is 3.32. The Morgan fingerprint density at radius 2 is 1.45 bits per heavy atom. The highest BCUT2D eigenvalue weighted by molar-refractivity contribution is 6.01. The van der Waals surface area contributed by atoms with Gasteiger partial charge in [-0.25, -0.2) is 13.6 Å². The van der Waals surface area contributed by atoms with E-state index in [2.05, 4.69) is 4.98 Å². The summed E-state index contributed by atoms with van der Waals surface area (Å²) in [7, 11) is 0. The Hall–Kier alpha value is -3.81. The second-order valence-corrected chi connectivity index (χ2v) is 7.14. The molecule has 2 aromatic carbocycles. The number of aromatic nitrogens is 1. The number of rotatable bonds is 6. The number of aromatic amines is 1. The number of halogens is 2. The molecule has 1 N–H and O–H groups in total. The van der Waals surface area contributed by atoms with Gasteiger partial charge in [0, 0.05) is 24.2 Å². The van der Waals surface area contributed by atoms with Gasteiger partial charge in [-0.15, -0.1) is 5.06 Å². The molecule has 0 radical (unpaired) electrons. The molecule has 0 bridgehead atoms. The van der Waals surface area contributed by atoms with E-state index in [1.165, 1.54) is 24.3 Å². The number of imide groups is 1. The lowest BCUT2D eigenvalue weighted by atomic mass is 10.0. The van der Waals surface area contributed by atoms with Crippen molar-refractivity contribution in [2.75, 3.05) is 0 Å². The topological polar surface area (TPSA) is 79.5 Å². The lowest BCUT2D eigenvalue weighted by molar-refractivity contribution is -0.197. The van der Waals surface area contributed by atoms with Crippen LogP contribution in [0, 0.1) is 11.6 Å². The molecule has 0 atom stereocenters. The zero-order chi connectivity index (χ0) is 22.0. The standard InChI is InChI=1S/C23H18F2N2O4/c24-17-6-1-14(2-7-17)19-13-16(23(26-19)15-3-8-18(25)9-4-15)5-12-22(30)31-27-20(28)10-11-21(27)29/h1-4,6-9,13,26H,5,10-12H2. The Balaban J connectivity index is 1.57. The maximum atomic E-state index is 13.4. The van der Waals surface area contributed by atoms with Gasteiger partial charge in [0.25, 0.3) is 11.8 Å². The molecule has 1 aliphatic rings. The lowest BCUT2D eigenvalue weighted by Crippen LogP contribution is -2.32. The fourth-order valence-corrected chi connectivity index (χ4v) is 3.40. The number of benzene rings is 2. The van der Waals surface area contributed by atoms with Crippen molar-refractivity contribution in [2.24, 2.45) is 0 Å². The van der Waals surface area contributed by atoms with Gasteiger partial charge in [-0.1, -0.05) is 0 Å². The summed E-state index contributed by atoms with van der Waals surface area (Å²) in [6.45, 7) is 0. The number of carbonyl (C=O) groups is 3. The smallest absolute Gasteiger partial charge is 0.333 e. The monoisotopic (exact) mass is 424 g/mol. The average molecular weight is 424 g/mol. The van der Waals surface area contributed by atoms with E-state index in [9.17, 15) is 23.2 Å². The second kappa shape index (κ2) is 8.51. The van der Waals surface area contributed by atoms with Gasteiger partial charge in [0.1, 0.15) is 11.6 Å². The summed E-state index contributed by atoms with van der Waals surface area (Å²) in [5, 5.41) is 0.518. The third kappa shape index (κ3) is 4.53. The largest absolute Gasteiger partial charge is 0.354 e. The second-order valence-electron chi connectivity index (χ2n) is 7.14. The summed E-state index contributed by atoms with van der Waals surface area (Å²) in [5.74, 6) is -2.52. The molecule has 2 heterocycles. The number of H-pyrrole nitrogens is 1. The van der Waals surface area contributed by atoms with Crippen molar-refractivity contribution in [3.8, 4) is 22.5 Å². The molecular formula is C23H18F2N2O4. The Kier molecular flexibility index (Phi) is 5.62. The number of aryl methyl sites for hydroxylation is 1. The van der Waals surface area contributed by atoms with E-state index in [0.717, 1.165) is 11.1 Å². The third-order valence-electron chi connectivity index (χ3n) is 4.98. The first-order chi connectivity index (χ1) is 14.9. The van der Waals surface area contributed by atoms with Crippen LogP contribution in [0.1, 0.15) is 24.8 Å². The quantitative estimate of drug-likeness (QED) is 0.603. The zero-order valence-electron chi connectivity index (χ0n) is 16.4. The Bertz CT molecular complexity index is 1120. The lowest BCUT2D eigenvalue weighted by Gasteiger charge is -2.12. The molecule has 0 unspecified atom stereocenters. The van der Waals surface area contributed by atoms with Crippen molar-refractivity contribution >= 4 is 17.8 Å². The van der Waals surface area contributed by atoms with E-state index in [1.54, 1.807) is 24.3 Å². The molecule has 0 aliphatic carbocycles. The maximum absolute atomic E-state index is 13.4. The molecule has 8 heteroatoms. The van der Waals surface area contributed by atoms with Gasteiger partial charge >= 0.3 is 5.97 Å². The molecule has 1 aliphatic heterocycles. The van der Waals surface area contributed by atoms with Crippen molar-refractivity contribution in [1.29, 1.82) is 0 Å². The summed E-state index contributed by atoms with van der Waals surface area (Å²) < 4.78 is 26.6.